The summed E-state index contributed by atoms with van der Waals surface area (Å²) < 4.78 is 0. The molecule has 0 bridgehead atoms. The Hall–Kier alpha value is -2.69. The topological polar surface area (TPSA) is 165 Å². The van der Waals surface area contributed by atoms with Crippen molar-refractivity contribution in [1.82, 2.24) is 20.9 Å². The van der Waals surface area contributed by atoms with Crippen molar-refractivity contribution in [2.45, 2.75) is 102 Å². The largest absolute Gasteiger partial charge is 0.481 e. The van der Waals surface area contributed by atoms with Crippen molar-refractivity contribution in [3.05, 3.63) is 0 Å². The van der Waals surface area contributed by atoms with E-state index >= 15 is 0 Å². The van der Waals surface area contributed by atoms with Crippen molar-refractivity contribution in [2.24, 2.45) is 11.8 Å². The highest BCUT2D eigenvalue weighted by Crippen LogP contribution is 2.26. The maximum atomic E-state index is 12.9. The molecule has 1 aliphatic carbocycles. The van der Waals surface area contributed by atoms with Crippen LogP contribution in [0.2, 0.25) is 0 Å². The van der Waals surface area contributed by atoms with E-state index in [1.165, 1.54) is 4.90 Å². The minimum atomic E-state index is -1.44. The Morgan fingerprint density at radius 2 is 1.55 bits per heavy atom. The Morgan fingerprint density at radius 3 is 2.13 bits per heavy atom. The number of carbonyl (C=O) groups is 5. The summed E-state index contributed by atoms with van der Waals surface area (Å²) in [4.78, 5) is 62.9. The first-order chi connectivity index (χ1) is 18.2. The van der Waals surface area contributed by atoms with Crippen LogP contribution >= 0.6 is 0 Å². The van der Waals surface area contributed by atoms with Gasteiger partial charge in [0.15, 0.2) is 0 Å². The zero-order valence-corrected chi connectivity index (χ0v) is 22.7. The molecule has 0 aromatic rings. The lowest BCUT2D eigenvalue weighted by Gasteiger charge is -2.25. The van der Waals surface area contributed by atoms with Gasteiger partial charge < -0.3 is 31.1 Å². The minimum Gasteiger partial charge on any atom is -0.481 e. The molecule has 0 unspecified atom stereocenters. The van der Waals surface area contributed by atoms with Gasteiger partial charge in [0.25, 0.3) is 0 Å². The number of nitrogens with zero attached hydrogens (tertiary/aromatic N) is 1. The molecule has 0 aromatic heterocycles. The maximum Gasteiger partial charge on any atom is 0.326 e. The molecule has 0 aromatic carbocycles. The fourth-order valence-corrected chi connectivity index (χ4v) is 5.47. The summed E-state index contributed by atoms with van der Waals surface area (Å²) >= 11 is 0. The second-order valence-electron chi connectivity index (χ2n) is 10.7. The van der Waals surface area contributed by atoms with E-state index in [-0.39, 0.29) is 24.8 Å². The number of carboxylic acid groups (broad SMARTS) is 2. The molecule has 1 aliphatic heterocycles. The third-order valence-electron chi connectivity index (χ3n) is 7.72. The molecule has 3 amide bonds. The van der Waals surface area contributed by atoms with Gasteiger partial charge >= 0.3 is 11.9 Å². The Bertz CT molecular complexity index is 792. The van der Waals surface area contributed by atoms with E-state index in [9.17, 15) is 34.2 Å². The summed E-state index contributed by atoms with van der Waals surface area (Å²) in [5.41, 5.74) is 0. The van der Waals surface area contributed by atoms with Gasteiger partial charge in [-0.15, -0.1) is 0 Å². The number of hydrogen-bond acceptors (Lipinski definition) is 6. The highest BCUT2D eigenvalue weighted by Gasteiger charge is 2.30. The highest BCUT2D eigenvalue weighted by molar-refractivity contribution is 5.94. The number of carboxylic acids is 2. The summed E-state index contributed by atoms with van der Waals surface area (Å²) in [5.74, 6) is -3.38. The van der Waals surface area contributed by atoms with Crippen LogP contribution in [0, 0.1) is 11.8 Å². The van der Waals surface area contributed by atoms with Crippen LogP contribution in [0.5, 0.6) is 0 Å². The molecule has 5 N–H and O–H groups in total. The predicted molar refractivity (Wildman–Crippen MR) is 141 cm³/mol. The molecule has 0 spiro atoms. The van der Waals surface area contributed by atoms with Crippen molar-refractivity contribution in [3.8, 4) is 0 Å². The first-order valence-electron chi connectivity index (χ1n) is 14.2. The van der Waals surface area contributed by atoms with Crippen molar-refractivity contribution >= 4 is 29.7 Å². The van der Waals surface area contributed by atoms with Gasteiger partial charge in [0, 0.05) is 13.0 Å². The van der Waals surface area contributed by atoms with Crippen LogP contribution < -0.4 is 16.0 Å². The fraction of sp³-hybridized carbons (Fsp3) is 0.815. The molecule has 11 nitrogen and oxygen atoms in total. The Kier molecular flexibility index (Phi) is 14.1. The van der Waals surface area contributed by atoms with Gasteiger partial charge in [0.2, 0.25) is 17.7 Å². The van der Waals surface area contributed by atoms with E-state index < -0.39 is 42.3 Å². The number of piperidine rings is 1. The normalized spacial score (nSPS) is 18.6. The SMILES string of the molecule is CCN(CC(=O)N[C@@H](CC(=O)O)C(=O)N[C@@H](CC1CCCCCC1)C(=O)O)C(=O)CCCC1CCNCC1. The monoisotopic (exact) mass is 538 g/mol. The lowest BCUT2D eigenvalue weighted by atomic mass is 9.92. The van der Waals surface area contributed by atoms with Crippen LogP contribution in [0.4, 0.5) is 0 Å². The van der Waals surface area contributed by atoms with E-state index in [0.29, 0.717) is 18.9 Å². The highest BCUT2D eigenvalue weighted by atomic mass is 16.4. The van der Waals surface area contributed by atoms with Crippen LogP contribution in [0.15, 0.2) is 0 Å². The van der Waals surface area contributed by atoms with Crippen LogP contribution in [-0.2, 0) is 24.0 Å². The standard InChI is InChI=1S/C27H46N4O7/c1-2-31(24(33)11-7-10-19-12-14-28-15-13-19)18-23(32)29-21(17-25(34)35)26(36)30-22(27(37)38)16-20-8-5-3-4-6-9-20/h19-22,28H,2-18H2,1H3,(H,29,32)(H,30,36)(H,34,35)(H,37,38)/t21-,22-/m0/s1. The third-order valence-corrected chi connectivity index (χ3v) is 7.72. The molecule has 11 heteroatoms. The molecular weight excluding hydrogens is 492 g/mol. The van der Waals surface area contributed by atoms with Crippen molar-refractivity contribution in [3.63, 3.8) is 0 Å². The number of rotatable bonds is 15. The van der Waals surface area contributed by atoms with Crippen LogP contribution in [0.3, 0.4) is 0 Å². The second kappa shape index (κ2) is 17.0. The predicted octanol–water partition coefficient (Wildman–Crippen LogP) is 1.89. The summed E-state index contributed by atoms with van der Waals surface area (Å²) in [6.45, 7) is 3.76. The maximum absolute atomic E-state index is 12.9. The number of aliphatic carboxylic acids is 2. The summed E-state index contributed by atoms with van der Waals surface area (Å²) in [5, 5.41) is 27.1. The molecule has 2 fully saturated rings. The zero-order valence-electron chi connectivity index (χ0n) is 22.7. The Labute approximate surface area is 225 Å². The average molecular weight is 539 g/mol. The van der Waals surface area contributed by atoms with Crippen LogP contribution in [0.1, 0.15) is 90.4 Å². The van der Waals surface area contributed by atoms with Gasteiger partial charge in [0.05, 0.1) is 13.0 Å². The van der Waals surface area contributed by atoms with Crippen LogP contribution in [-0.4, -0.2) is 83.0 Å². The molecule has 2 rings (SSSR count). The van der Waals surface area contributed by atoms with E-state index in [4.69, 9.17) is 0 Å². The quantitative estimate of drug-likeness (QED) is 0.197. The summed E-state index contributed by atoms with van der Waals surface area (Å²) in [7, 11) is 0. The number of likely N-dealkylation sites (N-methyl/N-ethyl adjacent to an activating group) is 1. The zero-order chi connectivity index (χ0) is 27.9. The number of carbonyl (C=O) groups excluding carboxylic acids is 3. The second-order valence-corrected chi connectivity index (χ2v) is 10.7. The lowest BCUT2D eigenvalue weighted by molar-refractivity contribution is -0.144. The van der Waals surface area contributed by atoms with E-state index in [2.05, 4.69) is 16.0 Å². The van der Waals surface area contributed by atoms with Crippen LogP contribution in [0.25, 0.3) is 0 Å². The van der Waals surface area contributed by atoms with E-state index in [0.717, 1.165) is 77.3 Å². The molecule has 0 radical (unpaired) electrons. The lowest BCUT2D eigenvalue weighted by Crippen LogP contribution is -2.54. The molecule has 2 aliphatic rings. The van der Waals surface area contributed by atoms with Gasteiger partial charge in [-0.05, 0) is 64.0 Å². The Balaban J connectivity index is 1.89. The van der Waals surface area contributed by atoms with Gasteiger partial charge in [-0.2, -0.15) is 0 Å². The molecule has 1 saturated carbocycles. The molecule has 216 valence electrons. The van der Waals surface area contributed by atoms with E-state index in [1.807, 2.05) is 0 Å². The minimum absolute atomic E-state index is 0.162. The first-order valence-corrected chi connectivity index (χ1v) is 14.2. The number of amides is 3. The van der Waals surface area contributed by atoms with Crippen molar-refractivity contribution in [2.75, 3.05) is 26.2 Å². The molecule has 1 saturated heterocycles. The number of nitrogens with one attached hydrogen (secondary N) is 3. The van der Waals surface area contributed by atoms with E-state index in [1.54, 1.807) is 6.92 Å². The fourth-order valence-electron chi connectivity index (χ4n) is 5.47. The average Bonchev–Trinajstić information content (AvgIpc) is 3.15. The van der Waals surface area contributed by atoms with Gasteiger partial charge in [-0.1, -0.05) is 38.5 Å². The summed E-state index contributed by atoms with van der Waals surface area (Å²) in [6, 6.07) is -2.60. The van der Waals surface area contributed by atoms with Gasteiger partial charge in [0.1, 0.15) is 12.1 Å². The summed E-state index contributed by atoms with van der Waals surface area (Å²) in [6.07, 6.45) is 9.87. The first kappa shape index (κ1) is 31.5. The number of hydrogen-bond donors (Lipinski definition) is 5. The molecule has 1 heterocycles. The Morgan fingerprint density at radius 1 is 0.895 bits per heavy atom. The molecular formula is C27H46N4O7. The van der Waals surface area contributed by atoms with Gasteiger partial charge in [-0.25, -0.2) is 4.79 Å². The smallest absolute Gasteiger partial charge is 0.326 e. The molecule has 38 heavy (non-hydrogen) atoms. The van der Waals surface area contributed by atoms with Crippen molar-refractivity contribution in [1.29, 1.82) is 0 Å². The molecule has 2 atom stereocenters. The van der Waals surface area contributed by atoms with Gasteiger partial charge in [-0.3, -0.25) is 19.2 Å². The third kappa shape index (κ3) is 11.8. The van der Waals surface area contributed by atoms with Crippen molar-refractivity contribution < 1.29 is 34.2 Å².